The second-order valence-electron chi connectivity index (χ2n) is 12.4. The molecule has 0 aliphatic rings. The van der Waals surface area contributed by atoms with Gasteiger partial charge < -0.3 is 24.8 Å². The van der Waals surface area contributed by atoms with E-state index in [2.05, 4.69) is 20.8 Å². The van der Waals surface area contributed by atoms with E-state index < -0.39 is 35.8 Å². The van der Waals surface area contributed by atoms with E-state index in [1.165, 1.54) is 4.90 Å². The van der Waals surface area contributed by atoms with E-state index in [1.807, 2.05) is 91.9 Å². The van der Waals surface area contributed by atoms with Crippen molar-refractivity contribution in [1.29, 1.82) is 0 Å². The Labute approximate surface area is 281 Å². The first-order chi connectivity index (χ1) is 23.0. The first-order valence-corrected chi connectivity index (χ1v) is 16.0. The number of hydrogen-bond donors (Lipinski definition) is 2. The van der Waals surface area contributed by atoms with Crippen LogP contribution >= 0.6 is 0 Å². The van der Waals surface area contributed by atoms with E-state index in [-0.39, 0.29) is 43.2 Å². The highest BCUT2D eigenvalue weighted by Crippen LogP contribution is 2.15. The van der Waals surface area contributed by atoms with Crippen molar-refractivity contribution in [2.75, 3.05) is 6.54 Å². The van der Waals surface area contributed by atoms with E-state index >= 15 is 0 Å². The minimum absolute atomic E-state index is 0.0419. The van der Waals surface area contributed by atoms with Crippen molar-refractivity contribution in [3.63, 3.8) is 0 Å². The Hall–Kier alpha value is -5.32. The minimum atomic E-state index is -0.974. The van der Waals surface area contributed by atoms with Crippen LogP contribution in [-0.4, -0.2) is 57.4 Å². The molecule has 0 unspecified atom stereocenters. The van der Waals surface area contributed by atoms with Gasteiger partial charge in [-0.1, -0.05) is 123 Å². The number of ketones is 1. The number of aromatic nitrogens is 2. The fourth-order valence-electron chi connectivity index (χ4n) is 5.11. The van der Waals surface area contributed by atoms with Gasteiger partial charge in [-0.15, -0.1) is 0 Å². The molecule has 4 rings (SSSR count). The summed E-state index contributed by atoms with van der Waals surface area (Å²) in [6.45, 7) is 8.95. The van der Waals surface area contributed by atoms with Gasteiger partial charge in [0.15, 0.2) is 0 Å². The lowest BCUT2D eigenvalue weighted by Gasteiger charge is -2.30. The number of carbonyl (C=O) groups is 4. The van der Waals surface area contributed by atoms with Crippen molar-refractivity contribution >= 4 is 23.7 Å². The Morgan fingerprint density at radius 1 is 0.792 bits per heavy atom. The van der Waals surface area contributed by atoms with Crippen molar-refractivity contribution < 1.29 is 28.4 Å². The van der Waals surface area contributed by atoms with Crippen LogP contribution in [0.4, 0.5) is 4.79 Å². The number of carbonyl (C=O) groups excluding carboxylic acids is 4. The van der Waals surface area contributed by atoms with Crippen LogP contribution in [-0.2, 0) is 33.9 Å². The number of amides is 3. The topological polar surface area (TPSA) is 144 Å². The molecule has 48 heavy (non-hydrogen) atoms. The van der Waals surface area contributed by atoms with Gasteiger partial charge in [-0.05, 0) is 35.4 Å². The molecule has 11 heteroatoms. The summed E-state index contributed by atoms with van der Waals surface area (Å²) in [4.78, 5) is 59.4. The average Bonchev–Trinajstić information content (AvgIpc) is 3.53. The molecule has 4 aromatic rings. The van der Waals surface area contributed by atoms with Gasteiger partial charge in [-0.3, -0.25) is 14.4 Å². The molecule has 0 spiro atoms. The number of alkyl carbamates (subject to hydrolysis) is 1. The van der Waals surface area contributed by atoms with Gasteiger partial charge in [-0.25, -0.2) is 4.79 Å². The van der Waals surface area contributed by atoms with E-state index in [0.717, 1.165) is 22.3 Å². The molecule has 0 aliphatic carbocycles. The van der Waals surface area contributed by atoms with Gasteiger partial charge in [0.1, 0.15) is 12.6 Å². The summed E-state index contributed by atoms with van der Waals surface area (Å²) in [5.74, 6) is -2.00. The smallest absolute Gasteiger partial charge is 0.408 e. The third-order valence-corrected chi connectivity index (χ3v) is 7.67. The number of benzene rings is 3. The lowest BCUT2D eigenvalue weighted by Crippen LogP contribution is -2.54. The third-order valence-electron chi connectivity index (χ3n) is 7.67. The number of Topliss-reactive ketones (excluding diaryl/α,β-unsaturated/α-hetero) is 1. The number of ether oxygens (including phenoxy) is 1. The zero-order valence-electron chi connectivity index (χ0n) is 28.0. The maximum atomic E-state index is 14.0. The predicted molar refractivity (Wildman–Crippen MR) is 180 cm³/mol. The van der Waals surface area contributed by atoms with E-state index in [9.17, 15) is 19.2 Å². The molecule has 0 bridgehead atoms. The molecule has 0 fully saturated rings. The van der Waals surface area contributed by atoms with Crippen molar-refractivity contribution in [1.82, 2.24) is 25.7 Å². The maximum absolute atomic E-state index is 14.0. The molecule has 1 aromatic heterocycles. The molecule has 3 amide bonds. The molecule has 0 aliphatic heterocycles. The molecule has 1 heterocycles. The normalized spacial score (nSPS) is 12.3. The molecular formula is C37H43N5O6. The SMILES string of the molecule is Cc1cccc(Cc2nc(C(=O)[C@@H](NC(=O)CN(Cc3ccccc3)C(=O)[C@@H](NC(=O)OCc3ccccc3)C(C)C)C(C)C)no2)c1. The Morgan fingerprint density at radius 3 is 2.04 bits per heavy atom. The Balaban J connectivity index is 1.46. The van der Waals surface area contributed by atoms with Gasteiger partial charge in [0.25, 0.3) is 0 Å². The Bertz CT molecular complexity index is 1670. The van der Waals surface area contributed by atoms with Crippen molar-refractivity contribution in [2.24, 2.45) is 11.8 Å². The first kappa shape index (κ1) is 35.5. The molecule has 0 saturated heterocycles. The highest BCUT2D eigenvalue weighted by molar-refractivity contribution is 5.99. The molecule has 0 saturated carbocycles. The lowest BCUT2D eigenvalue weighted by molar-refractivity contribution is -0.139. The number of rotatable bonds is 15. The second kappa shape index (κ2) is 17.0. The van der Waals surface area contributed by atoms with Crippen molar-refractivity contribution in [3.8, 4) is 0 Å². The summed E-state index contributed by atoms with van der Waals surface area (Å²) in [5, 5.41) is 9.36. The highest BCUT2D eigenvalue weighted by atomic mass is 16.5. The Morgan fingerprint density at radius 2 is 1.42 bits per heavy atom. The third kappa shape index (κ3) is 10.3. The summed E-state index contributed by atoms with van der Waals surface area (Å²) < 4.78 is 10.7. The molecule has 2 atom stereocenters. The van der Waals surface area contributed by atoms with Crippen LogP contribution in [0.3, 0.4) is 0 Å². The van der Waals surface area contributed by atoms with Gasteiger partial charge in [0, 0.05) is 6.54 Å². The van der Waals surface area contributed by atoms with E-state index in [4.69, 9.17) is 9.26 Å². The van der Waals surface area contributed by atoms with Crippen LogP contribution in [0, 0.1) is 18.8 Å². The molecule has 0 radical (unpaired) electrons. The molecule has 252 valence electrons. The van der Waals surface area contributed by atoms with Gasteiger partial charge >= 0.3 is 6.09 Å². The number of hydrogen-bond acceptors (Lipinski definition) is 8. The van der Waals surface area contributed by atoms with E-state index in [1.54, 1.807) is 27.7 Å². The quantitative estimate of drug-likeness (QED) is 0.165. The minimum Gasteiger partial charge on any atom is -0.445 e. The van der Waals surface area contributed by atoms with Crippen LogP contribution in [0.2, 0.25) is 0 Å². The summed E-state index contributed by atoms with van der Waals surface area (Å²) in [7, 11) is 0. The summed E-state index contributed by atoms with van der Waals surface area (Å²) >= 11 is 0. The van der Waals surface area contributed by atoms with Gasteiger partial charge in [-0.2, -0.15) is 4.98 Å². The number of nitrogens with zero attached hydrogens (tertiary/aromatic N) is 3. The Kier molecular flexibility index (Phi) is 12.6. The lowest BCUT2D eigenvalue weighted by atomic mass is 9.99. The van der Waals surface area contributed by atoms with Crippen LogP contribution in [0.25, 0.3) is 0 Å². The summed E-state index contributed by atoms with van der Waals surface area (Å²) in [5.41, 5.74) is 3.65. The zero-order chi connectivity index (χ0) is 34.6. The standard InChI is InChI=1S/C37H43N5O6/c1-24(2)32(34(44)35-39-31(48-41-35)20-29-18-12-13-26(5)19-29)38-30(43)22-42(21-27-14-8-6-9-15-27)36(45)33(25(3)4)40-37(46)47-23-28-16-10-7-11-17-28/h6-19,24-25,32-33H,20-23H2,1-5H3,(H,38,43)(H,40,46)/t32-,33-/m0/s1. The van der Waals surface area contributed by atoms with Crippen LogP contribution in [0.5, 0.6) is 0 Å². The molecular weight excluding hydrogens is 610 g/mol. The monoisotopic (exact) mass is 653 g/mol. The second-order valence-corrected chi connectivity index (χ2v) is 12.4. The molecule has 2 N–H and O–H groups in total. The summed E-state index contributed by atoms with van der Waals surface area (Å²) in [6, 6.07) is 24.3. The first-order valence-electron chi connectivity index (χ1n) is 16.0. The average molecular weight is 654 g/mol. The van der Waals surface area contributed by atoms with E-state index in [0.29, 0.717) is 6.42 Å². The van der Waals surface area contributed by atoms with Crippen LogP contribution in [0.1, 0.15) is 66.5 Å². The highest BCUT2D eigenvalue weighted by Gasteiger charge is 2.33. The fourth-order valence-corrected chi connectivity index (χ4v) is 5.11. The number of nitrogens with one attached hydrogen (secondary N) is 2. The van der Waals surface area contributed by atoms with Crippen molar-refractivity contribution in [2.45, 2.75) is 66.3 Å². The van der Waals surface area contributed by atoms with Gasteiger partial charge in [0.2, 0.25) is 29.3 Å². The van der Waals surface area contributed by atoms with Crippen molar-refractivity contribution in [3.05, 3.63) is 119 Å². The van der Waals surface area contributed by atoms with Crippen LogP contribution < -0.4 is 10.6 Å². The predicted octanol–water partition coefficient (Wildman–Crippen LogP) is 5.27. The van der Waals surface area contributed by atoms with Gasteiger partial charge in [0.05, 0.1) is 19.0 Å². The number of aryl methyl sites for hydroxylation is 1. The largest absolute Gasteiger partial charge is 0.445 e. The molecule has 3 aromatic carbocycles. The van der Waals surface area contributed by atoms with Crippen LogP contribution in [0.15, 0.2) is 89.5 Å². The zero-order valence-corrected chi connectivity index (χ0v) is 28.0. The fraction of sp³-hybridized carbons (Fsp3) is 0.351. The molecule has 11 nitrogen and oxygen atoms in total. The summed E-state index contributed by atoms with van der Waals surface area (Å²) in [6.07, 6.45) is -0.385. The maximum Gasteiger partial charge on any atom is 0.408 e.